The van der Waals surface area contributed by atoms with Gasteiger partial charge in [0, 0.05) is 66.6 Å². The number of carbonyl (C=O) groups is 16. The average Bonchev–Trinajstić information content (AvgIpc) is 1.61. The predicted molar refractivity (Wildman–Crippen MR) is 464 cm³/mol. The number of rotatable bonds is 44. The van der Waals surface area contributed by atoms with E-state index in [2.05, 4.69) is 52.5 Å². The minimum absolute atomic E-state index is 0.0254. The van der Waals surface area contributed by atoms with Crippen LogP contribution in [-0.4, -0.2) is 238 Å². The van der Waals surface area contributed by atoms with E-state index < -0.39 is 169 Å². The molecule has 0 unspecified atom stereocenters. The van der Waals surface area contributed by atoms with E-state index >= 15 is 0 Å². The zero-order valence-corrected chi connectivity index (χ0v) is 69.9. The lowest BCUT2D eigenvalue weighted by atomic mass is 10.0. The van der Waals surface area contributed by atoms with Gasteiger partial charge in [0.15, 0.2) is 0 Å². The molecule has 5 heterocycles. The standard InChI is InChI=1S/C88H98N16O24/c1-125-85(121)65(41-69(105)106)101-81(117)61(9-5-37-89)97-77(113)49-21-13-45(14-22-49)73-53-29-31-55(93-53)74(46-15-23-50(24-16-46)78(114)98-62(10-6-38-90)82(118)102-66(42-70(107)108)86(122)126-2)57-33-35-59(95-57)76(48-19-27-52(28-20-48)80(116)100-64(12-8-40-92)84(120)104-68(44-72(111)112)88(124)128-4)60-36-34-58(96-60)75(56-32-30-54(73)94-56)47-17-25-51(26-18-47)79(115)99-63(11-7-39-91)83(119)103-67(43-71(109)110)87(123)127-3/h13-36,61-68,93,96H,5-12,37-44,89-92H2,1-4H3,(H,97,113)(H,98,114)(H,99,115)(H,100,116)(H,101,117)(H,102,118)(H,103,119)(H,104,120)(H,105,106)(H,107,108)(H,109,110)(H,111,112)/t61-,62-,63-,64-,65-,66-,67-,68-/m0/s1. The monoisotopic (exact) mass is 1760 g/mol. The first-order valence-corrected chi connectivity index (χ1v) is 40.4. The minimum Gasteiger partial charge on any atom is -0.481 e. The molecular formula is C88H98N16O24. The molecule has 0 fully saturated rings. The van der Waals surface area contributed by atoms with Crippen LogP contribution in [0, 0.1) is 0 Å². The Bertz CT molecular complexity index is 4930. The normalized spacial score (nSPS) is 13.2. The second-order valence-electron chi connectivity index (χ2n) is 29.4. The number of fused-ring (bicyclic) bond motifs is 8. The number of nitrogens with two attached hydrogens (primary N) is 4. The summed E-state index contributed by atoms with van der Waals surface area (Å²) in [5, 5.41) is 58.4. The topological polar surface area (TPSA) is 649 Å². The van der Waals surface area contributed by atoms with E-state index in [0.29, 0.717) is 89.4 Å². The van der Waals surface area contributed by atoms with Crippen molar-refractivity contribution in [1.82, 2.24) is 62.5 Å². The first-order chi connectivity index (χ1) is 61.3. The lowest BCUT2D eigenvalue weighted by Gasteiger charge is -2.21. The molecule has 0 saturated heterocycles. The Morgan fingerprint density at radius 1 is 0.289 bits per heavy atom. The fourth-order valence-electron chi connectivity index (χ4n) is 14.0. The molecule has 8 atom stereocenters. The first-order valence-electron chi connectivity index (χ1n) is 40.4. The van der Waals surface area contributed by atoms with Crippen LogP contribution in [0.25, 0.3) is 90.9 Å². The molecule has 2 aliphatic heterocycles. The van der Waals surface area contributed by atoms with Crippen molar-refractivity contribution in [2.45, 2.75) is 125 Å². The highest BCUT2D eigenvalue weighted by Crippen LogP contribution is 2.39. The van der Waals surface area contributed by atoms with E-state index in [1.54, 1.807) is 97.1 Å². The number of carbonyl (C=O) groups excluding carboxylic acids is 12. The van der Waals surface area contributed by atoms with Crippen LogP contribution in [0.1, 0.15) is 141 Å². The van der Waals surface area contributed by atoms with Gasteiger partial charge in [0.2, 0.25) is 23.6 Å². The lowest BCUT2D eigenvalue weighted by Crippen LogP contribution is -2.52. The third-order valence-electron chi connectivity index (χ3n) is 20.5. The maximum absolute atomic E-state index is 14.3. The summed E-state index contributed by atoms with van der Waals surface area (Å²) in [5.74, 6) is -16.4. The summed E-state index contributed by atoms with van der Waals surface area (Å²) in [6.45, 7) is 0.362. The Balaban J connectivity index is 1.26. The van der Waals surface area contributed by atoms with Gasteiger partial charge in [-0.1, -0.05) is 48.5 Å². The van der Waals surface area contributed by atoms with Crippen LogP contribution in [0.4, 0.5) is 0 Å². The molecule has 0 aliphatic carbocycles. The number of hydrogen-bond donors (Lipinski definition) is 18. The Kier molecular flexibility index (Phi) is 34.7. The second-order valence-corrected chi connectivity index (χ2v) is 29.4. The Hall–Kier alpha value is -15.2. The number of nitrogens with zero attached hydrogens (tertiary/aromatic N) is 2. The number of nitrogens with one attached hydrogen (secondary N) is 10. The molecule has 3 aromatic heterocycles. The van der Waals surface area contributed by atoms with Gasteiger partial charge in [0.25, 0.3) is 23.6 Å². The number of carboxylic acids is 4. The molecule has 8 amide bonds. The number of aromatic nitrogens is 4. The summed E-state index contributed by atoms with van der Waals surface area (Å²) in [6, 6.07) is 20.2. The summed E-state index contributed by atoms with van der Waals surface area (Å²) in [4.78, 5) is 228. The van der Waals surface area contributed by atoms with Gasteiger partial charge in [-0.3, -0.25) is 57.5 Å². The quantitative estimate of drug-likeness (QED) is 0.0192. The molecule has 0 radical (unpaired) electrons. The zero-order chi connectivity index (χ0) is 93.0. The van der Waals surface area contributed by atoms with Crippen molar-refractivity contribution in [3.05, 3.63) is 166 Å². The molecule has 0 spiro atoms. The van der Waals surface area contributed by atoms with Gasteiger partial charge >= 0.3 is 47.8 Å². The second kappa shape index (κ2) is 46.0. The van der Waals surface area contributed by atoms with Gasteiger partial charge < -0.3 is 115 Å². The SMILES string of the molecule is COC(=O)[C@H](CC(=O)O)NC(=O)[C@H](CCCN)NC(=O)c1ccc(-c2c3nc(c(-c4ccc(C(=O)N[C@@H](CCCN)C(=O)N[C@@H](CC(=O)O)C(=O)OC)cc4)c4ccc([nH]4)c(-c4ccc(C(=O)N[C@@H](CCCN)C(=O)N[C@@H](CC(=O)O)C(=O)OC)cc4)c4nc(c(-c5ccc(C(=O)N[C@@H](CCCN)C(=O)N[C@@H](CC(=O)O)C(=O)OC)cc5)c5ccc2[nH]5)C=C4)C=C3)cc1. The number of aliphatic carboxylic acids is 4. The number of benzene rings is 4. The molecule has 22 N–H and O–H groups in total. The smallest absolute Gasteiger partial charge is 0.328 e. The maximum atomic E-state index is 14.3. The number of H-pyrrole nitrogens is 2. The van der Waals surface area contributed by atoms with Crippen molar-refractivity contribution >= 4 is 141 Å². The molecule has 2 aliphatic rings. The number of aromatic amines is 2. The fraction of sp³-hybridized carbons (Fsp3) is 0.318. The van der Waals surface area contributed by atoms with Crippen LogP contribution in [0.3, 0.4) is 0 Å². The van der Waals surface area contributed by atoms with E-state index in [9.17, 15) is 97.1 Å². The highest BCUT2D eigenvalue weighted by Gasteiger charge is 2.35. The molecule has 40 nitrogen and oxygen atoms in total. The van der Waals surface area contributed by atoms with Gasteiger partial charge in [-0.05, 0) is 197 Å². The molecule has 674 valence electrons. The highest BCUT2D eigenvalue weighted by molar-refractivity contribution is 6.06. The van der Waals surface area contributed by atoms with Crippen molar-refractivity contribution < 1.29 is 116 Å². The van der Waals surface area contributed by atoms with E-state index in [0.717, 1.165) is 28.4 Å². The van der Waals surface area contributed by atoms with Crippen molar-refractivity contribution in [2.75, 3.05) is 54.6 Å². The molecule has 7 aromatic rings. The molecule has 40 heteroatoms. The third-order valence-corrected chi connectivity index (χ3v) is 20.5. The predicted octanol–water partition coefficient (Wildman–Crippen LogP) is 3.20. The highest BCUT2D eigenvalue weighted by atomic mass is 16.5. The Morgan fingerprint density at radius 3 is 0.641 bits per heavy atom. The van der Waals surface area contributed by atoms with Crippen LogP contribution in [0.5, 0.6) is 0 Å². The molecule has 0 saturated carbocycles. The number of amides is 8. The van der Waals surface area contributed by atoms with Gasteiger partial charge in [-0.25, -0.2) is 29.1 Å². The Morgan fingerprint density at radius 2 is 0.477 bits per heavy atom. The third kappa shape index (κ3) is 25.5. The van der Waals surface area contributed by atoms with Crippen LogP contribution in [0.2, 0.25) is 0 Å². The number of esters is 4. The number of methoxy groups -OCH3 is 4. The first kappa shape index (κ1) is 96.7. The van der Waals surface area contributed by atoms with Crippen molar-refractivity contribution in [2.24, 2.45) is 22.9 Å². The van der Waals surface area contributed by atoms with E-state index in [1.807, 2.05) is 0 Å². The zero-order valence-electron chi connectivity index (χ0n) is 69.9. The van der Waals surface area contributed by atoms with Gasteiger partial charge in [0.05, 0.1) is 76.9 Å². The maximum Gasteiger partial charge on any atom is 0.328 e. The van der Waals surface area contributed by atoms with Crippen LogP contribution >= 0.6 is 0 Å². The molecule has 8 bridgehead atoms. The van der Waals surface area contributed by atoms with Gasteiger partial charge in [-0.15, -0.1) is 0 Å². The Labute approximate surface area is 730 Å². The molecule has 9 rings (SSSR count). The number of carboxylic acid groups (broad SMARTS) is 4. The van der Waals surface area contributed by atoms with Crippen LogP contribution < -0.4 is 65.5 Å². The summed E-state index contributed by atoms with van der Waals surface area (Å²) in [6.07, 6.45) is 4.37. The van der Waals surface area contributed by atoms with Gasteiger partial charge in [0.1, 0.15) is 48.3 Å². The van der Waals surface area contributed by atoms with Crippen molar-refractivity contribution in [3.63, 3.8) is 0 Å². The molecule has 128 heavy (non-hydrogen) atoms. The van der Waals surface area contributed by atoms with Crippen LogP contribution in [0.15, 0.2) is 121 Å². The summed E-state index contributed by atoms with van der Waals surface area (Å²) >= 11 is 0. The lowest BCUT2D eigenvalue weighted by molar-refractivity contribution is -0.149. The molecular weight excluding hydrogens is 1670 g/mol. The summed E-state index contributed by atoms with van der Waals surface area (Å²) < 4.78 is 18.9. The fourth-order valence-corrected chi connectivity index (χ4v) is 14.0. The van der Waals surface area contributed by atoms with E-state index in [4.69, 9.17) is 51.9 Å². The summed E-state index contributed by atoms with van der Waals surface area (Å²) in [5.41, 5.74) is 29.8. The average molecular weight is 1760 g/mol. The largest absolute Gasteiger partial charge is 0.481 e. The minimum atomic E-state index is -1.61. The van der Waals surface area contributed by atoms with Crippen LogP contribution in [-0.2, 0) is 76.5 Å². The van der Waals surface area contributed by atoms with E-state index in [-0.39, 0.29) is 99.8 Å². The van der Waals surface area contributed by atoms with E-state index in [1.165, 1.54) is 48.5 Å². The summed E-state index contributed by atoms with van der Waals surface area (Å²) in [7, 11) is 4.07. The number of hydrogen-bond acceptors (Lipinski definition) is 26. The van der Waals surface area contributed by atoms with Gasteiger partial charge in [-0.2, -0.15) is 0 Å². The number of ether oxygens (including phenoxy) is 4. The van der Waals surface area contributed by atoms with Crippen molar-refractivity contribution in [1.29, 1.82) is 0 Å². The van der Waals surface area contributed by atoms with Crippen molar-refractivity contribution in [3.8, 4) is 44.5 Å². The molecule has 4 aromatic carbocycles.